The molecule has 6 heteroatoms. The van der Waals surface area contributed by atoms with E-state index < -0.39 is 0 Å². The zero-order valence-electron chi connectivity index (χ0n) is 9.78. The highest BCUT2D eigenvalue weighted by molar-refractivity contribution is 9.10. The van der Waals surface area contributed by atoms with Gasteiger partial charge in [-0.05, 0) is 25.1 Å². The molecule has 3 N–H and O–H groups in total. The molecule has 0 saturated carbocycles. The van der Waals surface area contributed by atoms with E-state index in [0.717, 1.165) is 15.2 Å². The molecule has 2 rings (SSSR count). The molecule has 1 aromatic carbocycles. The van der Waals surface area contributed by atoms with Gasteiger partial charge in [-0.3, -0.25) is 11.3 Å². The molecule has 0 amide bonds. The van der Waals surface area contributed by atoms with E-state index in [9.17, 15) is 4.39 Å². The summed E-state index contributed by atoms with van der Waals surface area (Å²) < 4.78 is 14.6. The molecule has 0 saturated heterocycles. The van der Waals surface area contributed by atoms with Crippen molar-refractivity contribution in [3.63, 3.8) is 0 Å². The van der Waals surface area contributed by atoms with Crippen LogP contribution in [0.25, 0.3) is 0 Å². The number of hydrogen-bond acceptors (Lipinski definition) is 4. The van der Waals surface area contributed by atoms with Crippen LogP contribution in [0, 0.1) is 12.7 Å². The maximum atomic E-state index is 13.8. The van der Waals surface area contributed by atoms with E-state index in [0.29, 0.717) is 12.0 Å². The van der Waals surface area contributed by atoms with E-state index in [2.05, 4.69) is 26.3 Å². The number of halogens is 2. The SMILES string of the molecule is Cc1csc(CC(NN)c2cc(Br)ccc2F)n1. The van der Waals surface area contributed by atoms with Gasteiger partial charge in [-0.1, -0.05) is 15.9 Å². The summed E-state index contributed by atoms with van der Waals surface area (Å²) in [6.45, 7) is 1.94. The minimum Gasteiger partial charge on any atom is -0.271 e. The van der Waals surface area contributed by atoms with Gasteiger partial charge in [-0.15, -0.1) is 11.3 Å². The Balaban J connectivity index is 2.25. The van der Waals surface area contributed by atoms with Crippen LogP contribution < -0.4 is 11.3 Å². The minimum absolute atomic E-state index is 0.269. The third-order valence-corrected chi connectivity index (χ3v) is 4.06. The number of nitrogens with zero attached hydrogens (tertiary/aromatic N) is 1. The molecule has 0 bridgehead atoms. The van der Waals surface area contributed by atoms with Gasteiger partial charge in [0.1, 0.15) is 5.82 Å². The zero-order valence-corrected chi connectivity index (χ0v) is 12.2. The van der Waals surface area contributed by atoms with E-state index in [4.69, 9.17) is 5.84 Å². The van der Waals surface area contributed by atoms with Crippen molar-refractivity contribution in [2.24, 2.45) is 5.84 Å². The van der Waals surface area contributed by atoms with Crippen molar-refractivity contribution in [1.82, 2.24) is 10.4 Å². The van der Waals surface area contributed by atoms with Crippen molar-refractivity contribution < 1.29 is 4.39 Å². The van der Waals surface area contributed by atoms with Gasteiger partial charge in [0.05, 0.1) is 11.0 Å². The van der Waals surface area contributed by atoms with Gasteiger partial charge in [-0.2, -0.15) is 0 Å². The van der Waals surface area contributed by atoms with Crippen molar-refractivity contribution in [2.45, 2.75) is 19.4 Å². The normalized spacial score (nSPS) is 12.7. The molecular weight excluding hydrogens is 317 g/mol. The van der Waals surface area contributed by atoms with Crippen LogP contribution in [0.1, 0.15) is 22.3 Å². The third-order valence-electron chi connectivity index (χ3n) is 2.58. The lowest BCUT2D eigenvalue weighted by atomic mass is 10.0. The number of nitrogens with two attached hydrogens (primary N) is 1. The van der Waals surface area contributed by atoms with Crippen LogP contribution in [0.3, 0.4) is 0 Å². The van der Waals surface area contributed by atoms with Gasteiger partial charge in [0.15, 0.2) is 0 Å². The van der Waals surface area contributed by atoms with Crippen molar-refractivity contribution in [3.05, 3.63) is 50.1 Å². The molecule has 18 heavy (non-hydrogen) atoms. The number of benzene rings is 1. The number of aryl methyl sites for hydroxylation is 1. The molecule has 2 aromatic rings. The molecule has 0 spiro atoms. The molecule has 0 aliphatic rings. The molecule has 1 heterocycles. The van der Waals surface area contributed by atoms with Crippen LogP contribution >= 0.6 is 27.3 Å². The molecule has 0 aliphatic carbocycles. The Bertz CT molecular complexity index is 544. The Kier molecular flexibility index (Phi) is 4.45. The average Bonchev–Trinajstić information content (AvgIpc) is 2.75. The summed E-state index contributed by atoms with van der Waals surface area (Å²) in [4.78, 5) is 4.36. The van der Waals surface area contributed by atoms with Crippen LogP contribution in [0.4, 0.5) is 4.39 Å². The smallest absolute Gasteiger partial charge is 0.128 e. The molecule has 1 unspecified atom stereocenters. The maximum absolute atomic E-state index is 13.8. The topological polar surface area (TPSA) is 50.9 Å². The minimum atomic E-state index is -0.284. The average molecular weight is 330 g/mol. The van der Waals surface area contributed by atoms with Gasteiger partial charge in [0.2, 0.25) is 0 Å². The van der Waals surface area contributed by atoms with Gasteiger partial charge in [-0.25, -0.2) is 9.37 Å². The maximum Gasteiger partial charge on any atom is 0.128 e. The van der Waals surface area contributed by atoms with Crippen LogP contribution in [-0.4, -0.2) is 4.98 Å². The summed E-state index contributed by atoms with van der Waals surface area (Å²) in [6.07, 6.45) is 0.572. The van der Waals surface area contributed by atoms with Gasteiger partial charge in [0.25, 0.3) is 0 Å². The Labute approximate surface area is 117 Å². The second kappa shape index (κ2) is 5.88. The number of rotatable bonds is 4. The molecule has 1 aromatic heterocycles. The standard InChI is InChI=1S/C12H13BrFN3S/c1-7-6-18-12(16-7)5-11(17-15)9-4-8(13)2-3-10(9)14/h2-4,6,11,17H,5,15H2,1H3. The predicted molar refractivity (Wildman–Crippen MR) is 74.7 cm³/mol. The first-order valence-electron chi connectivity index (χ1n) is 5.42. The van der Waals surface area contributed by atoms with E-state index in [-0.39, 0.29) is 11.9 Å². The fourth-order valence-electron chi connectivity index (χ4n) is 1.71. The van der Waals surface area contributed by atoms with Crippen LogP contribution in [-0.2, 0) is 6.42 Å². The molecule has 0 radical (unpaired) electrons. The Morgan fingerprint density at radius 1 is 1.56 bits per heavy atom. The summed E-state index contributed by atoms with van der Waals surface area (Å²) in [6, 6.07) is 4.55. The van der Waals surface area contributed by atoms with E-state index in [1.54, 1.807) is 23.5 Å². The van der Waals surface area contributed by atoms with Gasteiger partial charge in [0, 0.05) is 27.5 Å². The van der Waals surface area contributed by atoms with Crippen molar-refractivity contribution in [1.29, 1.82) is 0 Å². The molecule has 1 atom stereocenters. The van der Waals surface area contributed by atoms with E-state index >= 15 is 0 Å². The first kappa shape index (κ1) is 13.6. The number of hydrogen-bond donors (Lipinski definition) is 2. The second-order valence-electron chi connectivity index (χ2n) is 3.97. The summed E-state index contributed by atoms with van der Waals surface area (Å²) in [5, 5.41) is 2.91. The highest BCUT2D eigenvalue weighted by Gasteiger charge is 2.17. The third kappa shape index (κ3) is 3.14. The first-order chi connectivity index (χ1) is 8.60. The first-order valence-corrected chi connectivity index (χ1v) is 7.09. The number of thiazole rings is 1. The Morgan fingerprint density at radius 3 is 2.94 bits per heavy atom. The van der Waals surface area contributed by atoms with Crippen molar-refractivity contribution >= 4 is 27.3 Å². The molecular formula is C12H13BrFN3S. The summed E-state index contributed by atoms with van der Waals surface area (Å²) in [5.41, 5.74) is 4.16. The van der Waals surface area contributed by atoms with Crippen LogP contribution in [0.2, 0.25) is 0 Å². The lowest BCUT2D eigenvalue weighted by Crippen LogP contribution is -2.30. The molecule has 0 fully saturated rings. The Morgan fingerprint density at radius 2 is 2.33 bits per heavy atom. The fraction of sp³-hybridized carbons (Fsp3) is 0.250. The van der Waals surface area contributed by atoms with E-state index in [1.807, 2.05) is 12.3 Å². The molecule has 96 valence electrons. The lowest BCUT2D eigenvalue weighted by molar-refractivity contribution is 0.509. The molecule has 3 nitrogen and oxygen atoms in total. The van der Waals surface area contributed by atoms with Crippen molar-refractivity contribution in [3.8, 4) is 0 Å². The highest BCUT2D eigenvalue weighted by atomic mass is 79.9. The molecule has 0 aliphatic heterocycles. The summed E-state index contributed by atoms with van der Waals surface area (Å²) >= 11 is 4.89. The quantitative estimate of drug-likeness (QED) is 0.669. The number of aromatic nitrogens is 1. The fourth-order valence-corrected chi connectivity index (χ4v) is 2.91. The largest absolute Gasteiger partial charge is 0.271 e. The summed E-state index contributed by atoms with van der Waals surface area (Å²) in [5.74, 6) is 5.25. The second-order valence-corrected chi connectivity index (χ2v) is 5.83. The van der Waals surface area contributed by atoms with Crippen molar-refractivity contribution in [2.75, 3.05) is 0 Å². The highest BCUT2D eigenvalue weighted by Crippen LogP contribution is 2.25. The predicted octanol–water partition coefficient (Wildman–Crippen LogP) is 3.10. The van der Waals surface area contributed by atoms with Crippen LogP contribution in [0.15, 0.2) is 28.1 Å². The van der Waals surface area contributed by atoms with E-state index in [1.165, 1.54) is 6.07 Å². The number of nitrogens with one attached hydrogen (secondary N) is 1. The van der Waals surface area contributed by atoms with Gasteiger partial charge < -0.3 is 0 Å². The zero-order chi connectivity index (χ0) is 13.1. The lowest BCUT2D eigenvalue weighted by Gasteiger charge is -2.16. The monoisotopic (exact) mass is 329 g/mol. The van der Waals surface area contributed by atoms with Crippen LogP contribution in [0.5, 0.6) is 0 Å². The summed E-state index contributed by atoms with van der Waals surface area (Å²) in [7, 11) is 0. The van der Waals surface area contributed by atoms with Gasteiger partial charge >= 0.3 is 0 Å². The number of hydrazine groups is 1. The Hall–Kier alpha value is -0.820.